The number of aromatic nitrogens is 2. The van der Waals surface area contributed by atoms with Crippen molar-refractivity contribution >= 4 is 43.6 Å². The van der Waals surface area contributed by atoms with Crippen molar-refractivity contribution in [2.45, 2.75) is 12.5 Å². The summed E-state index contributed by atoms with van der Waals surface area (Å²) in [6.45, 7) is 0. The zero-order valence-electron chi connectivity index (χ0n) is 16.3. The van der Waals surface area contributed by atoms with E-state index in [0.29, 0.717) is 6.04 Å². The molecule has 3 heterocycles. The molecule has 1 atom stereocenters. The first kappa shape index (κ1) is 15.4. The Hall–Kier alpha value is -3.52. The van der Waals surface area contributed by atoms with E-state index < -0.39 is 0 Å². The highest BCUT2D eigenvalue weighted by atomic mass is 15.0. The fourth-order valence-corrected chi connectivity index (χ4v) is 5.47. The van der Waals surface area contributed by atoms with Crippen LogP contribution >= 0.6 is 0 Å². The van der Waals surface area contributed by atoms with Gasteiger partial charge < -0.3 is 9.13 Å². The van der Waals surface area contributed by atoms with Crippen LogP contribution in [-0.2, 0) is 13.5 Å². The lowest BCUT2D eigenvalue weighted by molar-refractivity contribution is 0.607. The highest BCUT2D eigenvalue weighted by Crippen LogP contribution is 2.40. The SMILES string of the molecule is Cn1c2ccccc2c2ccc(C3Cc4ccc5c6ccccc6n3c5c4)cc21. The predicted molar refractivity (Wildman–Crippen MR) is 122 cm³/mol. The highest BCUT2D eigenvalue weighted by Gasteiger charge is 2.25. The van der Waals surface area contributed by atoms with E-state index in [-0.39, 0.29) is 0 Å². The van der Waals surface area contributed by atoms with Crippen LogP contribution < -0.4 is 0 Å². The minimum atomic E-state index is 0.330. The number of para-hydroxylation sites is 2. The Labute approximate surface area is 168 Å². The molecule has 0 saturated heterocycles. The van der Waals surface area contributed by atoms with E-state index in [4.69, 9.17) is 0 Å². The van der Waals surface area contributed by atoms with Gasteiger partial charge in [0.1, 0.15) is 0 Å². The molecule has 0 radical (unpaired) electrons. The third kappa shape index (κ3) is 1.91. The summed E-state index contributed by atoms with van der Waals surface area (Å²) in [5, 5.41) is 5.38. The van der Waals surface area contributed by atoms with E-state index in [0.717, 1.165) is 6.42 Å². The smallest absolute Gasteiger partial charge is 0.0633 e. The fourth-order valence-electron chi connectivity index (χ4n) is 5.47. The second kappa shape index (κ2) is 5.30. The fraction of sp³-hybridized carbons (Fsp3) is 0.111. The molecule has 0 fully saturated rings. The van der Waals surface area contributed by atoms with Crippen LogP contribution in [0.5, 0.6) is 0 Å². The van der Waals surface area contributed by atoms with Crippen molar-refractivity contribution in [1.82, 2.24) is 9.13 Å². The lowest BCUT2D eigenvalue weighted by Crippen LogP contribution is -2.16. The Bertz CT molecular complexity index is 1600. The van der Waals surface area contributed by atoms with E-state index in [1.54, 1.807) is 0 Å². The summed E-state index contributed by atoms with van der Waals surface area (Å²) < 4.78 is 4.89. The van der Waals surface area contributed by atoms with Gasteiger partial charge in [0, 0.05) is 50.7 Å². The molecule has 2 bridgehead atoms. The summed E-state index contributed by atoms with van der Waals surface area (Å²) in [6.07, 6.45) is 1.04. The molecule has 2 aromatic heterocycles. The summed E-state index contributed by atoms with van der Waals surface area (Å²) in [5.74, 6) is 0. The average molecular weight is 372 g/mol. The number of benzene rings is 4. The molecule has 0 spiro atoms. The number of rotatable bonds is 1. The molecular weight excluding hydrogens is 352 g/mol. The molecule has 0 saturated carbocycles. The molecule has 29 heavy (non-hydrogen) atoms. The van der Waals surface area contributed by atoms with Crippen molar-refractivity contribution in [3.63, 3.8) is 0 Å². The van der Waals surface area contributed by atoms with Crippen LogP contribution in [0, 0.1) is 0 Å². The van der Waals surface area contributed by atoms with Crippen LogP contribution in [0.25, 0.3) is 43.6 Å². The van der Waals surface area contributed by atoms with E-state index in [9.17, 15) is 0 Å². The normalized spacial score (nSPS) is 16.0. The molecule has 6 aromatic rings. The van der Waals surface area contributed by atoms with Gasteiger partial charge in [0.25, 0.3) is 0 Å². The van der Waals surface area contributed by atoms with Gasteiger partial charge in [-0.2, -0.15) is 0 Å². The lowest BCUT2D eigenvalue weighted by Gasteiger charge is -2.26. The van der Waals surface area contributed by atoms with Gasteiger partial charge in [0.15, 0.2) is 0 Å². The summed E-state index contributed by atoms with van der Waals surface area (Å²) in [6, 6.07) is 31.9. The first-order chi connectivity index (χ1) is 14.3. The first-order valence-electron chi connectivity index (χ1n) is 10.3. The average Bonchev–Trinajstić information content (AvgIpc) is 3.27. The molecule has 2 heteroatoms. The Balaban J connectivity index is 1.53. The van der Waals surface area contributed by atoms with E-state index in [1.165, 1.54) is 54.7 Å². The van der Waals surface area contributed by atoms with Crippen LogP contribution in [0.15, 0.2) is 84.9 Å². The van der Waals surface area contributed by atoms with E-state index in [1.807, 2.05) is 0 Å². The third-order valence-electron chi connectivity index (χ3n) is 6.84. The minimum Gasteiger partial charge on any atom is -0.344 e. The molecule has 7 rings (SSSR count). The standard InChI is InChI=1S/C27H20N2/c1-28-23-8-4-2-6-19(23)21-13-11-18(16-26(21)28)25-14-17-10-12-22-20-7-3-5-9-24(20)29(25)27(22)15-17/h2-13,15-16,25H,14H2,1H3. The predicted octanol–water partition coefficient (Wildman–Crippen LogP) is 6.58. The van der Waals surface area contributed by atoms with Gasteiger partial charge in [0.2, 0.25) is 0 Å². The monoisotopic (exact) mass is 372 g/mol. The third-order valence-corrected chi connectivity index (χ3v) is 6.84. The Morgan fingerprint density at radius 2 is 1.28 bits per heavy atom. The Kier molecular flexibility index (Phi) is 2.81. The number of nitrogens with zero attached hydrogens (tertiary/aromatic N) is 2. The van der Waals surface area contributed by atoms with Crippen LogP contribution in [-0.4, -0.2) is 9.13 Å². The number of hydrogen-bond donors (Lipinski definition) is 0. The van der Waals surface area contributed by atoms with Gasteiger partial charge in [-0.1, -0.05) is 60.7 Å². The summed E-state index contributed by atoms with van der Waals surface area (Å²) in [5.41, 5.74) is 8.11. The van der Waals surface area contributed by atoms with Gasteiger partial charge in [-0.3, -0.25) is 0 Å². The second-order valence-corrected chi connectivity index (χ2v) is 8.31. The highest BCUT2D eigenvalue weighted by molar-refractivity contribution is 6.09. The molecule has 1 aliphatic rings. The number of aryl methyl sites for hydroxylation is 1. The number of hydrogen-bond acceptors (Lipinski definition) is 0. The number of fused-ring (bicyclic) bond motifs is 7. The van der Waals surface area contributed by atoms with Crippen molar-refractivity contribution in [2.75, 3.05) is 0 Å². The summed E-state index contributed by atoms with van der Waals surface area (Å²) in [4.78, 5) is 0. The summed E-state index contributed by atoms with van der Waals surface area (Å²) in [7, 11) is 2.18. The van der Waals surface area contributed by atoms with Crippen LogP contribution in [0.2, 0.25) is 0 Å². The Morgan fingerprint density at radius 1 is 0.621 bits per heavy atom. The molecule has 138 valence electrons. The molecule has 2 nitrogen and oxygen atoms in total. The quantitative estimate of drug-likeness (QED) is 0.308. The van der Waals surface area contributed by atoms with Gasteiger partial charge >= 0.3 is 0 Å². The second-order valence-electron chi connectivity index (χ2n) is 8.31. The maximum atomic E-state index is 2.56. The van der Waals surface area contributed by atoms with Crippen molar-refractivity contribution in [3.05, 3.63) is 96.1 Å². The molecule has 0 aliphatic carbocycles. The maximum Gasteiger partial charge on any atom is 0.0633 e. The summed E-state index contributed by atoms with van der Waals surface area (Å²) >= 11 is 0. The van der Waals surface area contributed by atoms with E-state index in [2.05, 4.69) is 101 Å². The van der Waals surface area contributed by atoms with Gasteiger partial charge in [-0.05, 0) is 41.8 Å². The zero-order valence-corrected chi connectivity index (χ0v) is 16.3. The Morgan fingerprint density at radius 3 is 2.14 bits per heavy atom. The first-order valence-corrected chi connectivity index (χ1v) is 10.3. The maximum absolute atomic E-state index is 2.56. The topological polar surface area (TPSA) is 9.86 Å². The molecule has 1 unspecified atom stereocenters. The van der Waals surface area contributed by atoms with Crippen LogP contribution in [0.1, 0.15) is 17.2 Å². The molecule has 0 amide bonds. The molecule has 0 N–H and O–H groups in total. The van der Waals surface area contributed by atoms with Crippen molar-refractivity contribution in [1.29, 1.82) is 0 Å². The van der Waals surface area contributed by atoms with Crippen molar-refractivity contribution < 1.29 is 0 Å². The van der Waals surface area contributed by atoms with Crippen LogP contribution in [0.3, 0.4) is 0 Å². The van der Waals surface area contributed by atoms with E-state index >= 15 is 0 Å². The van der Waals surface area contributed by atoms with Gasteiger partial charge in [-0.25, -0.2) is 0 Å². The largest absolute Gasteiger partial charge is 0.344 e. The molecular formula is C27H20N2. The lowest BCUT2D eigenvalue weighted by atomic mass is 9.94. The molecule has 1 aliphatic heterocycles. The van der Waals surface area contributed by atoms with Crippen molar-refractivity contribution in [3.8, 4) is 0 Å². The van der Waals surface area contributed by atoms with Gasteiger partial charge in [-0.15, -0.1) is 0 Å². The zero-order chi connectivity index (χ0) is 19.1. The van der Waals surface area contributed by atoms with Crippen molar-refractivity contribution in [2.24, 2.45) is 7.05 Å². The van der Waals surface area contributed by atoms with Gasteiger partial charge in [0.05, 0.1) is 6.04 Å². The molecule has 4 aromatic carbocycles. The van der Waals surface area contributed by atoms with Crippen LogP contribution in [0.4, 0.5) is 0 Å². The minimum absolute atomic E-state index is 0.330.